The summed E-state index contributed by atoms with van der Waals surface area (Å²) in [5, 5.41) is 9.53. The third kappa shape index (κ3) is 2.98. The first-order valence-electron chi connectivity index (χ1n) is 6.13. The minimum atomic E-state index is -4.99. The molecular formula is C12H13F4NO4S. The molecule has 1 aliphatic carbocycles. The van der Waals surface area contributed by atoms with E-state index in [-0.39, 0.29) is 12.7 Å². The van der Waals surface area contributed by atoms with E-state index in [0.717, 1.165) is 0 Å². The highest BCUT2D eigenvalue weighted by molar-refractivity contribution is 7.94. The predicted molar refractivity (Wildman–Crippen MR) is 69.5 cm³/mol. The van der Waals surface area contributed by atoms with Crippen molar-refractivity contribution in [2.45, 2.75) is 23.8 Å². The Morgan fingerprint density at radius 3 is 2.41 bits per heavy atom. The SMILES string of the molecule is COCC1(S(=O)(=O)Nc2cc(F)c(C(F)(F)F)cc2O)CC1. The quantitative estimate of drug-likeness (QED) is 0.636. The number of hydrogen-bond acceptors (Lipinski definition) is 4. The van der Waals surface area contributed by atoms with Gasteiger partial charge in [0.05, 0.1) is 17.9 Å². The summed E-state index contributed by atoms with van der Waals surface area (Å²) in [5.74, 6) is -2.69. The molecule has 0 aliphatic heterocycles. The first-order valence-corrected chi connectivity index (χ1v) is 7.62. The third-order valence-electron chi connectivity index (χ3n) is 3.42. The smallest absolute Gasteiger partial charge is 0.419 e. The Morgan fingerprint density at radius 2 is 1.95 bits per heavy atom. The number of alkyl halides is 3. The zero-order chi connectivity index (χ0) is 16.8. The van der Waals surface area contributed by atoms with Gasteiger partial charge in [0.2, 0.25) is 10.0 Å². The van der Waals surface area contributed by atoms with Gasteiger partial charge in [-0.1, -0.05) is 0 Å². The second kappa shape index (κ2) is 5.27. The number of phenolic OH excluding ortho intramolecular Hbond substituents is 1. The van der Waals surface area contributed by atoms with Crippen molar-refractivity contribution in [2.24, 2.45) is 0 Å². The van der Waals surface area contributed by atoms with Crippen molar-refractivity contribution < 1.29 is 35.8 Å². The minimum absolute atomic E-state index is 0.105. The molecule has 124 valence electrons. The van der Waals surface area contributed by atoms with Crippen LogP contribution in [0.5, 0.6) is 5.75 Å². The Kier molecular flexibility index (Phi) is 4.03. The lowest BCUT2D eigenvalue weighted by Crippen LogP contribution is -2.33. The van der Waals surface area contributed by atoms with E-state index in [0.29, 0.717) is 18.9 Å². The van der Waals surface area contributed by atoms with E-state index in [1.54, 1.807) is 0 Å². The maximum Gasteiger partial charge on any atom is 0.419 e. The molecule has 1 fully saturated rings. The Bertz CT molecular complexity index is 683. The van der Waals surface area contributed by atoms with Crippen molar-refractivity contribution >= 4 is 15.7 Å². The number of methoxy groups -OCH3 is 1. The van der Waals surface area contributed by atoms with Crippen LogP contribution in [-0.2, 0) is 20.9 Å². The number of phenols is 1. The van der Waals surface area contributed by atoms with Crippen LogP contribution in [0.2, 0.25) is 0 Å². The predicted octanol–water partition coefficient (Wildman–Crippen LogP) is 2.47. The molecule has 0 atom stereocenters. The van der Waals surface area contributed by atoms with Gasteiger partial charge in [-0.25, -0.2) is 12.8 Å². The molecule has 0 unspecified atom stereocenters. The average molecular weight is 343 g/mol. The third-order valence-corrected chi connectivity index (χ3v) is 5.58. The Balaban J connectivity index is 2.34. The van der Waals surface area contributed by atoms with Crippen LogP contribution in [0.15, 0.2) is 12.1 Å². The number of ether oxygens (including phenoxy) is 1. The van der Waals surface area contributed by atoms with Crippen molar-refractivity contribution in [3.63, 3.8) is 0 Å². The molecule has 0 radical (unpaired) electrons. The highest BCUT2D eigenvalue weighted by Gasteiger charge is 2.55. The average Bonchev–Trinajstić information content (AvgIpc) is 3.13. The Labute approximate surface area is 123 Å². The molecule has 5 nitrogen and oxygen atoms in total. The maximum atomic E-state index is 13.5. The summed E-state index contributed by atoms with van der Waals surface area (Å²) in [6.45, 7) is -0.105. The van der Waals surface area contributed by atoms with Crippen molar-refractivity contribution in [1.82, 2.24) is 0 Å². The fourth-order valence-corrected chi connectivity index (χ4v) is 3.59. The van der Waals surface area contributed by atoms with Gasteiger partial charge in [0.25, 0.3) is 0 Å². The van der Waals surface area contributed by atoms with Gasteiger partial charge in [0.1, 0.15) is 16.3 Å². The summed E-state index contributed by atoms with van der Waals surface area (Å²) >= 11 is 0. The first kappa shape index (κ1) is 16.8. The van der Waals surface area contributed by atoms with Crippen LogP contribution in [-0.4, -0.2) is 32.0 Å². The monoisotopic (exact) mass is 343 g/mol. The van der Waals surface area contributed by atoms with Crippen LogP contribution in [0, 0.1) is 5.82 Å². The molecule has 0 saturated heterocycles. The lowest BCUT2D eigenvalue weighted by molar-refractivity contribution is -0.140. The molecule has 1 saturated carbocycles. The van der Waals surface area contributed by atoms with Gasteiger partial charge in [0.15, 0.2) is 0 Å². The molecule has 10 heteroatoms. The standard InChI is InChI=1S/C12H13F4NO4S/c1-21-6-11(2-3-11)22(19,20)17-9-5-8(13)7(4-10(9)18)12(14,15)16/h4-5,17-18H,2-3,6H2,1H3. The normalized spacial score (nSPS) is 17.3. The van der Waals surface area contributed by atoms with E-state index < -0.39 is 43.8 Å². The van der Waals surface area contributed by atoms with Gasteiger partial charge >= 0.3 is 6.18 Å². The molecule has 1 aliphatic rings. The number of anilines is 1. The van der Waals surface area contributed by atoms with Gasteiger partial charge in [-0.2, -0.15) is 13.2 Å². The molecule has 2 rings (SSSR count). The molecule has 1 aromatic rings. The molecule has 0 aromatic heterocycles. The highest BCUT2D eigenvalue weighted by Crippen LogP contribution is 2.45. The molecule has 0 spiro atoms. The number of aromatic hydroxyl groups is 1. The number of nitrogens with one attached hydrogen (secondary N) is 1. The second-order valence-corrected chi connectivity index (χ2v) is 7.15. The number of benzene rings is 1. The zero-order valence-corrected chi connectivity index (χ0v) is 12.2. The molecule has 22 heavy (non-hydrogen) atoms. The summed E-state index contributed by atoms with van der Waals surface area (Å²) < 4.78 is 80.8. The molecule has 2 N–H and O–H groups in total. The fraction of sp³-hybridized carbons (Fsp3) is 0.500. The van der Waals surface area contributed by atoms with Gasteiger partial charge in [-0.3, -0.25) is 4.72 Å². The van der Waals surface area contributed by atoms with E-state index in [1.165, 1.54) is 7.11 Å². The van der Waals surface area contributed by atoms with Crippen LogP contribution < -0.4 is 4.72 Å². The fourth-order valence-electron chi connectivity index (χ4n) is 2.01. The first-order chi connectivity index (χ1) is 10.0. The van der Waals surface area contributed by atoms with Crippen molar-refractivity contribution in [1.29, 1.82) is 0 Å². The van der Waals surface area contributed by atoms with E-state index in [2.05, 4.69) is 0 Å². The Hall–Kier alpha value is -1.55. The number of sulfonamides is 1. The van der Waals surface area contributed by atoms with E-state index in [1.807, 2.05) is 4.72 Å². The summed E-state index contributed by atoms with van der Waals surface area (Å²) in [6, 6.07) is 0.446. The van der Waals surface area contributed by atoms with Gasteiger partial charge in [-0.05, 0) is 18.9 Å². The molecule has 0 heterocycles. The number of halogens is 4. The Morgan fingerprint density at radius 1 is 1.36 bits per heavy atom. The minimum Gasteiger partial charge on any atom is -0.506 e. The summed E-state index contributed by atoms with van der Waals surface area (Å²) in [6.07, 6.45) is -4.38. The van der Waals surface area contributed by atoms with Crippen molar-refractivity contribution in [3.8, 4) is 5.75 Å². The summed E-state index contributed by atoms with van der Waals surface area (Å²) in [7, 11) is -2.72. The van der Waals surface area contributed by atoms with Gasteiger partial charge < -0.3 is 9.84 Å². The number of hydrogen-bond donors (Lipinski definition) is 2. The van der Waals surface area contributed by atoms with Crippen molar-refractivity contribution in [3.05, 3.63) is 23.5 Å². The number of rotatable bonds is 5. The van der Waals surface area contributed by atoms with Crippen LogP contribution in [0.1, 0.15) is 18.4 Å². The highest BCUT2D eigenvalue weighted by atomic mass is 32.2. The van der Waals surface area contributed by atoms with Gasteiger partial charge in [0, 0.05) is 13.2 Å². The lowest BCUT2D eigenvalue weighted by atomic mass is 10.1. The van der Waals surface area contributed by atoms with Crippen LogP contribution >= 0.6 is 0 Å². The summed E-state index contributed by atoms with van der Waals surface area (Å²) in [4.78, 5) is 0. The maximum absolute atomic E-state index is 13.5. The zero-order valence-electron chi connectivity index (χ0n) is 11.4. The lowest BCUT2D eigenvalue weighted by Gasteiger charge is -2.18. The molecule has 1 aromatic carbocycles. The van der Waals surface area contributed by atoms with Crippen LogP contribution in [0.4, 0.5) is 23.2 Å². The van der Waals surface area contributed by atoms with E-state index in [9.17, 15) is 31.1 Å². The van der Waals surface area contributed by atoms with Gasteiger partial charge in [-0.15, -0.1) is 0 Å². The van der Waals surface area contributed by atoms with E-state index >= 15 is 0 Å². The largest absolute Gasteiger partial charge is 0.506 e. The van der Waals surface area contributed by atoms with Crippen molar-refractivity contribution in [2.75, 3.05) is 18.4 Å². The molecular weight excluding hydrogens is 330 g/mol. The topological polar surface area (TPSA) is 75.6 Å². The van der Waals surface area contributed by atoms with Crippen LogP contribution in [0.3, 0.4) is 0 Å². The molecule has 0 bridgehead atoms. The van der Waals surface area contributed by atoms with Crippen LogP contribution in [0.25, 0.3) is 0 Å². The van der Waals surface area contributed by atoms with E-state index in [4.69, 9.17) is 4.74 Å². The summed E-state index contributed by atoms with van der Waals surface area (Å²) in [5.41, 5.74) is -2.32. The second-order valence-electron chi connectivity index (χ2n) is 5.07. The molecule has 0 amide bonds.